The van der Waals surface area contributed by atoms with Crippen LogP contribution in [0, 0.1) is 11.3 Å². The van der Waals surface area contributed by atoms with Crippen LogP contribution in [0.2, 0.25) is 0 Å². The first-order chi connectivity index (χ1) is 12.1. The molecule has 0 aromatic rings. The summed E-state index contributed by atoms with van der Waals surface area (Å²) in [5.41, 5.74) is 0.337. The molecule has 1 aliphatic rings. The monoisotopic (exact) mass is 483 g/mol. The zero-order chi connectivity index (χ0) is 18.5. The van der Waals surface area contributed by atoms with Crippen LogP contribution in [0.3, 0.4) is 0 Å². The third kappa shape index (κ3) is 9.74. The number of nitrogens with zero attached hydrogens (tertiary/aromatic N) is 1. The van der Waals surface area contributed by atoms with Gasteiger partial charge in [0.1, 0.15) is 0 Å². The third-order valence-electron chi connectivity index (χ3n) is 5.26. The van der Waals surface area contributed by atoms with E-state index in [1.54, 1.807) is 7.11 Å². The molecular weight excluding hydrogens is 441 g/mol. The van der Waals surface area contributed by atoms with E-state index in [-0.39, 0.29) is 24.0 Å². The molecule has 1 unspecified atom stereocenters. The lowest BCUT2D eigenvalue weighted by atomic mass is 9.83. The molecule has 0 aromatic heterocycles. The van der Waals surface area contributed by atoms with Crippen LogP contribution in [-0.2, 0) is 9.47 Å². The van der Waals surface area contributed by atoms with Gasteiger partial charge in [-0.3, -0.25) is 4.99 Å². The highest BCUT2D eigenvalue weighted by Crippen LogP contribution is 2.41. The molecule has 1 rings (SSSR count). The Morgan fingerprint density at radius 2 is 1.85 bits per heavy atom. The number of rotatable bonds is 12. The highest BCUT2D eigenvalue weighted by Gasteiger charge is 2.33. The van der Waals surface area contributed by atoms with Gasteiger partial charge in [-0.05, 0) is 50.9 Å². The summed E-state index contributed by atoms with van der Waals surface area (Å²) in [5.74, 6) is 1.47. The van der Waals surface area contributed by atoms with Crippen LogP contribution in [-0.4, -0.2) is 52.0 Å². The van der Waals surface area contributed by atoms with Crippen molar-refractivity contribution in [3.63, 3.8) is 0 Å². The lowest BCUT2D eigenvalue weighted by molar-refractivity contribution is 0.0258. The largest absolute Gasteiger partial charge is 0.385 e. The molecule has 0 bridgehead atoms. The fourth-order valence-electron chi connectivity index (χ4n) is 3.68. The van der Waals surface area contributed by atoms with Gasteiger partial charge in [-0.15, -0.1) is 24.0 Å². The molecule has 0 heterocycles. The molecule has 0 radical (unpaired) electrons. The van der Waals surface area contributed by atoms with Gasteiger partial charge in [-0.2, -0.15) is 0 Å². The highest BCUT2D eigenvalue weighted by atomic mass is 127. The van der Waals surface area contributed by atoms with Crippen molar-refractivity contribution in [2.45, 2.75) is 72.3 Å². The minimum absolute atomic E-state index is 0. The summed E-state index contributed by atoms with van der Waals surface area (Å²) in [7, 11) is 1.79. The molecule has 1 fully saturated rings. The van der Waals surface area contributed by atoms with E-state index in [9.17, 15) is 0 Å². The van der Waals surface area contributed by atoms with E-state index >= 15 is 0 Å². The Morgan fingerprint density at radius 3 is 2.38 bits per heavy atom. The van der Waals surface area contributed by atoms with E-state index in [2.05, 4.69) is 38.3 Å². The van der Waals surface area contributed by atoms with E-state index in [0.717, 1.165) is 51.6 Å². The predicted molar refractivity (Wildman–Crippen MR) is 122 cm³/mol. The van der Waals surface area contributed by atoms with E-state index in [1.165, 1.54) is 25.7 Å². The normalized spacial score (nSPS) is 17.8. The molecule has 5 nitrogen and oxygen atoms in total. The van der Waals surface area contributed by atoms with E-state index < -0.39 is 0 Å². The quantitative estimate of drug-likeness (QED) is 0.248. The number of aliphatic imine (C=N–C) groups is 1. The predicted octanol–water partition coefficient (Wildman–Crippen LogP) is 4.21. The number of nitrogens with one attached hydrogen (secondary N) is 2. The lowest BCUT2D eigenvalue weighted by Crippen LogP contribution is -2.40. The first-order valence-corrected chi connectivity index (χ1v) is 10.2. The summed E-state index contributed by atoms with van der Waals surface area (Å²) in [6.45, 7) is 12.9. The number of ether oxygens (including phenoxy) is 2. The Kier molecular flexibility index (Phi) is 14.9. The van der Waals surface area contributed by atoms with Crippen LogP contribution < -0.4 is 10.6 Å². The molecule has 1 saturated carbocycles. The van der Waals surface area contributed by atoms with Crippen LogP contribution in [0.1, 0.15) is 66.2 Å². The average molecular weight is 483 g/mol. The van der Waals surface area contributed by atoms with Crippen molar-refractivity contribution in [1.82, 2.24) is 10.6 Å². The van der Waals surface area contributed by atoms with Crippen LogP contribution in [0.4, 0.5) is 0 Å². The van der Waals surface area contributed by atoms with Gasteiger partial charge in [-0.25, -0.2) is 0 Å². The second-order valence-electron chi connectivity index (χ2n) is 7.60. The van der Waals surface area contributed by atoms with Crippen molar-refractivity contribution in [2.24, 2.45) is 16.3 Å². The molecule has 0 saturated heterocycles. The number of hydrogen-bond acceptors (Lipinski definition) is 3. The lowest BCUT2D eigenvalue weighted by Gasteiger charge is -2.27. The molecule has 2 N–H and O–H groups in total. The Labute approximate surface area is 178 Å². The van der Waals surface area contributed by atoms with Crippen molar-refractivity contribution < 1.29 is 9.47 Å². The van der Waals surface area contributed by atoms with Crippen molar-refractivity contribution in [3.8, 4) is 0 Å². The maximum Gasteiger partial charge on any atom is 0.191 e. The maximum absolute atomic E-state index is 5.83. The van der Waals surface area contributed by atoms with Crippen molar-refractivity contribution >= 4 is 29.9 Å². The van der Waals surface area contributed by atoms with Crippen LogP contribution in [0.5, 0.6) is 0 Å². The SMILES string of the molecule is CCNC(=NCC1(CCOC)CCCC1)NCCC(OCC)C(C)C.I. The smallest absolute Gasteiger partial charge is 0.191 e. The Bertz CT molecular complexity index is 372. The van der Waals surface area contributed by atoms with Crippen LogP contribution >= 0.6 is 24.0 Å². The molecule has 0 aromatic carbocycles. The molecule has 0 aliphatic heterocycles. The molecule has 1 atom stereocenters. The number of hydrogen-bond donors (Lipinski definition) is 2. The van der Waals surface area contributed by atoms with Crippen molar-refractivity contribution in [3.05, 3.63) is 0 Å². The van der Waals surface area contributed by atoms with Gasteiger partial charge in [0.25, 0.3) is 0 Å². The zero-order valence-corrected chi connectivity index (χ0v) is 19.9. The van der Waals surface area contributed by atoms with Gasteiger partial charge in [0.2, 0.25) is 0 Å². The minimum Gasteiger partial charge on any atom is -0.385 e. The van der Waals surface area contributed by atoms with Gasteiger partial charge < -0.3 is 20.1 Å². The topological polar surface area (TPSA) is 54.9 Å². The molecule has 26 heavy (non-hydrogen) atoms. The minimum atomic E-state index is 0. The number of methoxy groups -OCH3 is 1. The standard InChI is InChI=1S/C20H41N3O2.HI/c1-6-21-19(22-14-10-18(17(3)4)25-7-2)23-16-20(13-15-24-5)11-8-9-12-20;/h17-18H,6-16H2,1-5H3,(H2,21,22,23);1H. The summed E-state index contributed by atoms with van der Waals surface area (Å²) in [5, 5.41) is 6.87. The Hall–Kier alpha value is -0.0800. The number of guanidine groups is 1. The van der Waals surface area contributed by atoms with Gasteiger partial charge >= 0.3 is 0 Å². The maximum atomic E-state index is 5.83. The number of halogens is 1. The fraction of sp³-hybridized carbons (Fsp3) is 0.950. The van der Waals surface area contributed by atoms with Crippen LogP contribution in [0.15, 0.2) is 4.99 Å². The molecule has 0 amide bonds. The van der Waals surface area contributed by atoms with E-state index in [0.29, 0.717) is 17.4 Å². The van der Waals surface area contributed by atoms with Crippen molar-refractivity contribution in [1.29, 1.82) is 0 Å². The zero-order valence-electron chi connectivity index (χ0n) is 17.6. The van der Waals surface area contributed by atoms with Gasteiger partial charge in [-0.1, -0.05) is 26.7 Å². The Balaban J connectivity index is 0.00000625. The summed E-state index contributed by atoms with van der Waals surface area (Å²) in [6, 6.07) is 0. The van der Waals surface area contributed by atoms with Gasteiger partial charge in [0.05, 0.1) is 6.10 Å². The fourth-order valence-corrected chi connectivity index (χ4v) is 3.68. The molecule has 6 heteroatoms. The van der Waals surface area contributed by atoms with E-state index in [4.69, 9.17) is 14.5 Å². The van der Waals surface area contributed by atoms with Gasteiger partial charge in [0.15, 0.2) is 5.96 Å². The Morgan fingerprint density at radius 1 is 1.15 bits per heavy atom. The summed E-state index contributed by atoms with van der Waals surface area (Å²) < 4.78 is 11.2. The molecular formula is C20H42IN3O2. The summed E-state index contributed by atoms with van der Waals surface area (Å²) >= 11 is 0. The van der Waals surface area contributed by atoms with E-state index in [1.807, 2.05) is 0 Å². The summed E-state index contributed by atoms with van der Waals surface area (Å²) in [6.07, 6.45) is 7.64. The highest BCUT2D eigenvalue weighted by molar-refractivity contribution is 14.0. The second-order valence-corrected chi connectivity index (χ2v) is 7.60. The molecule has 156 valence electrons. The first kappa shape index (κ1) is 25.9. The van der Waals surface area contributed by atoms with Gasteiger partial charge in [0, 0.05) is 40.0 Å². The van der Waals surface area contributed by atoms with Crippen molar-refractivity contribution in [2.75, 3.05) is 40.0 Å². The molecule has 0 spiro atoms. The second kappa shape index (κ2) is 14.9. The van der Waals surface area contributed by atoms with Crippen LogP contribution in [0.25, 0.3) is 0 Å². The first-order valence-electron chi connectivity index (χ1n) is 10.2. The average Bonchev–Trinajstić information content (AvgIpc) is 3.06. The third-order valence-corrected chi connectivity index (χ3v) is 5.26. The summed E-state index contributed by atoms with van der Waals surface area (Å²) in [4.78, 5) is 4.91. The molecule has 1 aliphatic carbocycles.